The first-order chi connectivity index (χ1) is 9.22. The summed E-state index contributed by atoms with van der Waals surface area (Å²) >= 11 is 3.34. The Morgan fingerprint density at radius 1 is 1.32 bits per heavy atom. The number of nitrogens with zero attached hydrogens (tertiary/aromatic N) is 3. The maximum absolute atomic E-state index is 8.79. The van der Waals surface area contributed by atoms with Gasteiger partial charge < -0.3 is 10.6 Å². The summed E-state index contributed by atoms with van der Waals surface area (Å²) in [5.41, 5.74) is 7.57. The number of halogens is 1. The summed E-state index contributed by atoms with van der Waals surface area (Å²) in [5.74, 6) is 0.671. The first-order valence-corrected chi connectivity index (χ1v) is 6.62. The van der Waals surface area contributed by atoms with Crippen LogP contribution in [0.5, 0.6) is 0 Å². The average Bonchev–Trinajstić information content (AvgIpc) is 2.42. The molecule has 0 fully saturated rings. The Morgan fingerprint density at radius 2 is 2.05 bits per heavy atom. The number of nitrogen functional groups attached to an aromatic ring is 1. The van der Waals surface area contributed by atoms with Crippen LogP contribution in [0.2, 0.25) is 0 Å². The minimum atomic E-state index is 0.409. The molecule has 4 nitrogen and oxygen atoms in total. The minimum Gasteiger partial charge on any atom is -0.396 e. The third-order valence-electron chi connectivity index (χ3n) is 2.63. The fourth-order valence-electron chi connectivity index (χ4n) is 1.80. The first kappa shape index (κ1) is 13.4. The van der Waals surface area contributed by atoms with Crippen LogP contribution in [0.25, 0.3) is 0 Å². The number of anilines is 3. The lowest BCUT2D eigenvalue weighted by molar-refractivity contribution is 0.928. The van der Waals surface area contributed by atoms with Crippen molar-refractivity contribution in [3.05, 3.63) is 47.1 Å². The van der Waals surface area contributed by atoms with Crippen molar-refractivity contribution < 1.29 is 0 Å². The Balaban J connectivity index is 2.40. The van der Waals surface area contributed by atoms with Gasteiger partial charge in [0, 0.05) is 22.9 Å². The van der Waals surface area contributed by atoms with Crippen LogP contribution in [-0.4, -0.2) is 11.5 Å². The molecule has 0 unspecified atom stereocenters. The van der Waals surface area contributed by atoms with E-state index in [2.05, 4.69) is 27.0 Å². The molecule has 1 aromatic carbocycles. The van der Waals surface area contributed by atoms with Crippen molar-refractivity contribution in [2.24, 2.45) is 0 Å². The highest BCUT2D eigenvalue weighted by atomic mass is 79.9. The number of rotatable bonds is 4. The van der Waals surface area contributed by atoms with Gasteiger partial charge in [-0.1, -0.05) is 18.2 Å². The maximum atomic E-state index is 8.79. The van der Waals surface area contributed by atoms with Crippen LogP contribution in [0, 0.1) is 11.3 Å². The van der Waals surface area contributed by atoms with Gasteiger partial charge in [0.25, 0.3) is 0 Å². The van der Waals surface area contributed by atoms with Gasteiger partial charge in [0.05, 0.1) is 18.2 Å². The van der Waals surface area contributed by atoms with E-state index in [1.54, 1.807) is 6.20 Å². The zero-order valence-electron chi connectivity index (χ0n) is 10.3. The Bertz CT molecular complexity index is 592. The quantitative estimate of drug-likeness (QED) is 0.937. The number of hydrogen-bond acceptors (Lipinski definition) is 4. The van der Waals surface area contributed by atoms with Crippen molar-refractivity contribution in [3.63, 3.8) is 0 Å². The Morgan fingerprint density at radius 3 is 2.68 bits per heavy atom. The monoisotopic (exact) mass is 316 g/mol. The van der Waals surface area contributed by atoms with Crippen LogP contribution >= 0.6 is 15.9 Å². The van der Waals surface area contributed by atoms with E-state index in [4.69, 9.17) is 11.0 Å². The molecule has 1 aromatic heterocycles. The number of nitriles is 1. The zero-order valence-corrected chi connectivity index (χ0v) is 11.8. The SMILES string of the molecule is N#CCCN(c1ccccc1)c1ncc(Br)cc1N. The summed E-state index contributed by atoms with van der Waals surface area (Å²) in [7, 11) is 0. The van der Waals surface area contributed by atoms with Crippen LogP contribution in [0.1, 0.15) is 6.42 Å². The molecule has 0 atom stereocenters. The third-order valence-corrected chi connectivity index (χ3v) is 3.07. The topological polar surface area (TPSA) is 65.9 Å². The molecule has 0 saturated carbocycles. The fraction of sp³-hybridized carbons (Fsp3) is 0.143. The molecule has 0 aliphatic heterocycles. The number of para-hydroxylation sites is 1. The Hall–Kier alpha value is -2.06. The molecular weight excluding hydrogens is 304 g/mol. The van der Waals surface area contributed by atoms with Crippen LogP contribution in [0.15, 0.2) is 47.1 Å². The van der Waals surface area contributed by atoms with Crippen molar-refractivity contribution in [3.8, 4) is 6.07 Å². The van der Waals surface area contributed by atoms with Gasteiger partial charge in [0.1, 0.15) is 0 Å². The van der Waals surface area contributed by atoms with E-state index < -0.39 is 0 Å². The van der Waals surface area contributed by atoms with E-state index in [1.807, 2.05) is 41.3 Å². The Labute approximate surface area is 120 Å². The predicted molar refractivity (Wildman–Crippen MR) is 80.0 cm³/mol. The number of aromatic nitrogens is 1. The minimum absolute atomic E-state index is 0.409. The summed E-state index contributed by atoms with van der Waals surface area (Å²) in [6.07, 6.45) is 2.11. The number of nitrogens with two attached hydrogens (primary N) is 1. The second-order valence-corrected chi connectivity index (χ2v) is 4.88. The molecule has 2 rings (SSSR count). The predicted octanol–water partition coefficient (Wildman–Crippen LogP) is 3.48. The molecule has 0 aliphatic carbocycles. The van der Waals surface area contributed by atoms with Gasteiger partial charge in [-0.3, -0.25) is 0 Å². The van der Waals surface area contributed by atoms with Crippen molar-refractivity contribution in [2.45, 2.75) is 6.42 Å². The van der Waals surface area contributed by atoms with E-state index in [-0.39, 0.29) is 0 Å². The molecule has 96 valence electrons. The highest BCUT2D eigenvalue weighted by Crippen LogP contribution is 2.29. The maximum Gasteiger partial charge on any atom is 0.156 e. The van der Waals surface area contributed by atoms with Gasteiger partial charge in [-0.05, 0) is 34.1 Å². The van der Waals surface area contributed by atoms with Gasteiger partial charge in [-0.25, -0.2) is 4.98 Å². The van der Waals surface area contributed by atoms with E-state index in [1.165, 1.54) is 0 Å². The largest absolute Gasteiger partial charge is 0.396 e. The van der Waals surface area contributed by atoms with E-state index in [0.29, 0.717) is 24.5 Å². The zero-order chi connectivity index (χ0) is 13.7. The van der Waals surface area contributed by atoms with E-state index in [9.17, 15) is 0 Å². The molecule has 1 heterocycles. The van der Waals surface area contributed by atoms with Gasteiger partial charge >= 0.3 is 0 Å². The number of pyridine rings is 1. The van der Waals surface area contributed by atoms with E-state index >= 15 is 0 Å². The van der Waals surface area contributed by atoms with Gasteiger partial charge in [0.15, 0.2) is 5.82 Å². The summed E-state index contributed by atoms with van der Waals surface area (Å²) < 4.78 is 0.835. The highest BCUT2D eigenvalue weighted by Gasteiger charge is 2.13. The molecule has 19 heavy (non-hydrogen) atoms. The van der Waals surface area contributed by atoms with E-state index in [0.717, 1.165) is 10.2 Å². The van der Waals surface area contributed by atoms with Crippen LogP contribution < -0.4 is 10.6 Å². The third kappa shape index (κ3) is 3.24. The van der Waals surface area contributed by atoms with Crippen molar-refractivity contribution in [2.75, 3.05) is 17.2 Å². The lowest BCUT2D eigenvalue weighted by Gasteiger charge is -2.24. The van der Waals surface area contributed by atoms with Crippen LogP contribution in [-0.2, 0) is 0 Å². The van der Waals surface area contributed by atoms with Crippen molar-refractivity contribution >= 4 is 33.1 Å². The highest BCUT2D eigenvalue weighted by molar-refractivity contribution is 9.10. The van der Waals surface area contributed by atoms with Crippen molar-refractivity contribution in [1.82, 2.24) is 4.98 Å². The molecule has 5 heteroatoms. The number of benzene rings is 1. The summed E-state index contributed by atoms with van der Waals surface area (Å²) in [6.45, 7) is 0.555. The molecule has 0 spiro atoms. The lowest BCUT2D eigenvalue weighted by Crippen LogP contribution is -2.20. The second-order valence-electron chi connectivity index (χ2n) is 3.96. The average molecular weight is 317 g/mol. The van der Waals surface area contributed by atoms with Gasteiger partial charge in [-0.2, -0.15) is 5.26 Å². The summed E-state index contributed by atoms with van der Waals surface area (Å²) in [5, 5.41) is 8.79. The molecular formula is C14H13BrN4. The molecule has 0 saturated heterocycles. The lowest BCUT2D eigenvalue weighted by atomic mass is 10.2. The van der Waals surface area contributed by atoms with Gasteiger partial charge in [-0.15, -0.1) is 0 Å². The normalized spacial score (nSPS) is 9.89. The van der Waals surface area contributed by atoms with Crippen molar-refractivity contribution in [1.29, 1.82) is 5.26 Å². The second kappa shape index (κ2) is 6.21. The fourth-order valence-corrected chi connectivity index (χ4v) is 2.15. The summed E-state index contributed by atoms with van der Waals surface area (Å²) in [4.78, 5) is 6.30. The molecule has 0 amide bonds. The smallest absolute Gasteiger partial charge is 0.156 e. The standard InChI is InChI=1S/C14H13BrN4/c15-11-9-13(17)14(18-10-11)19(8-4-7-16)12-5-2-1-3-6-12/h1-3,5-6,9-10H,4,8,17H2. The molecule has 0 aliphatic rings. The number of hydrogen-bond donors (Lipinski definition) is 1. The first-order valence-electron chi connectivity index (χ1n) is 5.83. The summed E-state index contributed by atoms with van der Waals surface area (Å²) in [6, 6.07) is 13.7. The van der Waals surface area contributed by atoms with Crippen LogP contribution in [0.4, 0.5) is 17.2 Å². The Kier molecular flexibility index (Phi) is 4.37. The molecule has 0 bridgehead atoms. The molecule has 2 N–H and O–H groups in total. The molecule has 0 radical (unpaired) electrons. The van der Waals surface area contributed by atoms with Crippen LogP contribution in [0.3, 0.4) is 0 Å². The molecule has 2 aromatic rings. The van der Waals surface area contributed by atoms with Gasteiger partial charge in [0.2, 0.25) is 0 Å².